The second kappa shape index (κ2) is 7.44. The summed E-state index contributed by atoms with van der Waals surface area (Å²) in [5.41, 5.74) is 2.14. The first-order valence-corrected chi connectivity index (χ1v) is 8.60. The quantitative estimate of drug-likeness (QED) is 0.611. The lowest BCUT2D eigenvalue weighted by atomic mass is 9.80. The van der Waals surface area contributed by atoms with Gasteiger partial charge in [0.15, 0.2) is 6.29 Å². The highest BCUT2D eigenvalue weighted by Gasteiger charge is 2.35. The number of carbonyl (C=O) groups excluding carboxylic acids is 1. The molecule has 0 saturated carbocycles. The smallest absolute Gasteiger partial charge is 0.405 e. The number of amides is 1. The van der Waals surface area contributed by atoms with Crippen molar-refractivity contribution in [2.45, 2.75) is 25.3 Å². The standard InChI is InChI=1S/C21H21NO4/c1-2-12-26-18-9-7-15(8-10-18)17-6-5-16-4-3-11-21(14-23,19(16)13-17)22-20(24)25/h3,5-11,13-14,22H,2,4,12H2,1H3,(H,24,25)/t21-/m1/s1. The molecule has 0 bridgehead atoms. The molecule has 0 heterocycles. The summed E-state index contributed by atoms with van der Waals surface area (Å²) >= 11 is 0. The average molecular weight is 351 g/mol. The molecule has 0 unspecified atom stereocenters. The molecule has 3 rings (SSSR count). The monoisotopic (exact) mass is 351 g/mol. The molecule has 1 aliphatic rings. The van der Waals surface area contributed by atoms with Crippen LogP contribution in [-0.4, -0.2) is 24.1 Å². The van der Waals surface area contributed by atoms with Crippen molar-refractivity contribution >= 4 is 12.4 Å². The Bertz CT molecular complexity index is 842. The van der Waals surface area contributed by atoms with E-state index in [1.54, 1.807) is 6.08 Å². The third-order valence-corrected chi connectivity index (χ3v) is 4.43. The molecule has 0 aliphatic heterocycles. The zero-order chi connectivity index (χ0) is 18.6. The van der Waals surface area contributed by atoms with E-state index in [0.717, 1.165) is 28.9 Å². The number of carboxylic acid groups (broad SMARTS) is 1. The van der Waals surface area contributed by atoms with E-state index < -0.39 is 11.6 Å². The van der Waals surface area contributed by atoms with E-state index in [2.05, 4.69) is 12.2 Å². The van der Waals surface area contributed by atoms with Gasteiger partial charge in [0.1, 0.15) is 11.3 Å². The predicted molar refractivity (Wildman–Crippen MR) is 99.4 cm³/mol. The third-order valence-electron chi connectivity index (χ3n) is 4.43. The molecule has 0 aromatic heterocycles. The molecule has 2 aromatic rings. The lowest BCUT2D eigenvalue weighted by molar-refractivity contribution is -0.112. The van der Waals surface area contributed by atoms with Crippen LogP contribution in [-0.2, 0) is 16.8 Å². The van der Waals surface area contributed by atoms with Gasteiger partial charge in [0, 0.05) is 0 Å². The maximum absolute atomic E-state index is 11.8. The van der Waals surface area contributed by atoms with Crippen LogP contribution in [0.25, 0.3) is 11.1 Å². The average Bonchev–Trinajstić information content (AvgIpc) is 2.66. The lowest BCUT2D eigenvalue weighted by Crippen LogP contribution is -2.46. The molecular formula is C21H21NO4. The number of hydrogen-bond acceptors (Lipinski definition) is 3. The number of nitrogens with one attached hydrogen (secondary N) is 1. The summed E-state index contributed by atoms with van der Waals surface area (Å²) in [6.45, 7) is 2.73. The van der Waals surface area contributed by atoms with Gasteiger partial charge in [-0.15, -0.1) is 0 Å². The summed E-state index contributed by atoms with van der Waals surface area (Å²) in [4.78, 5) is 23.0. The van der Waals surface area contributed by atoms with Crippen molar-refractivity contribution in [3.05, 3.63) is 65.7 Å². The summed E-state index contributed by atoms with van der Waals surface area (Å²) in [5, 5.41) is 11.5. The number of fused-ring (bicyclic) bond motifs is 1. The van der Waals surface area contributed by atoms with Gasteiger partial charge in [-0.1, -0.05) is 43.3 Å². The maximum atomic E-state index is 11.8. The molecule has 5 nitrogen and oxygen atoms in total. The van der Waals surface area contributed by atoms with Crippen molar-refractivity contribution in [3.8, 4) is 16.9 Å². The minimum absolute atomic E-state index is 0.640. The first kappa shape index (κ1) is 17.7. The van der Waals surface area contributed by atoms with E-state index in [-0.39, 0.29) is 0 Å². The van der Waals surface area contributed by atoms with Gasteiger partial charge in [-0.2, -0.15) is 0 Å². The van der Waals surface area contributed by atoms with Crippen LogP contribution in [0, 0.1) is 0 Å². The molecule has 5 heteroatoms. The normalized spacial score (nSPS) is 18.0. The Labute approximate surface area is 152 Å². The number of ether oxygens (including phenoxy) is 1. The molecule has 26 heavy (non-hydrogen) atoms. The third kappa shape index (κ3) is 3.47. The van der Waals surface area contributed by atoms with Gasteiger partial charge in [0.25, 0.3) is 0 Å². The van der Waals surface area contributed by atoms with Crippen molar-refractivity contribution in [2.24, 2.45) is 0 Å². The topological polar surface area (TPSA) is 75.6 Å². The highest BCUT2D eigenvalue weighted by molar-refractivity contribution is 5.82. The van der Waals surface area contributed by atoms with E-state index in [0.29, 0.717) is 24.9 Å². The zero-order valence-electron chi connectivity index (χ0n) is 14.6. The molecular weight excluding hydrogens is 330 g/mol. The van der Waals surface area contributed by atoms with Crippen LogP contribution < -0.4 is 10.1 Å². The molecule has 0 saturated heterocycles. The fourth-order valence-corrected chi connectivity index (χ4v) is 3.16. The number of benzene rings is 2. The largest absolute Gasteiger partial charge is 0.494 e. The lowest BCUT2D eigenvalue weighted by Gasteiger charge is -2.30. The van der Waals surface area contributed by atoms with Crippen LogP contribution in [0.1, 0.15) is 24.5 Å². The Kier molecular flexibility index (Phi) is 5.07. The van der Waals surface area contributed by atoms with E-state index in [4.69, 9.17) is 9.84 Å². The van der Waals surface area contributed by atoms with Crippen molar-refractivity contribution in [1.29, 1.82) is 0 Å². The zero-order valence-corrected chi connectivity index (χ0v) is 14.6. The van der Waals surface area contributed by atoms with Gasteiger partial charge in [-0.3, -0.25) is 4.79 Å². The predicted octanol–water partition coefficient (Wildman–Crippen LogP) is 3.92. The number of allylic oxidation sites excluding steroid dienone is 1. The van der Waals surface area contributed by atoms with E-state index in [1.165, 1.54) is 0 Å². The first-order valence-electron chi connectivity index (χ1n) is 8.60. The van der Waals surface area contributed by atoms with E-state index in [1.807, 2.05) is 48.5 Å². The second-order valence-corrected chi connectivity index (χ2v) is 6.27. The van der Waals surface area contributed by atoms with Gasteiger partial charge in [0.2, 0.25) is 0 Å². The molecule has 1 atom stereocenters. The van der Waals surface area contributed by atoms with Crippen LogP contribution in [0.4, 0.5) is 4.79 Å². The Hall–Kier alpha value is -3.08. The number of carbonyl (C=O) groups is 2. The van der Waals surface area contributed by atoms with Crippen LogP contribution in [0.3, 0.4) is 0 Å². The molecule has 0 radical (unpaired) electrons. The number of aldehydes is 1. The minimum Gasteiger partial charge on any atom is -0.494 e. The number of rotatable bonds is 6. The fourth-order valence-electron chi connectivity index (χ4n) is 3.16. The minimum atomic E-state index is -1.35. The van der Waals surface area contributed by atoms with E-state index in [9.17, 15) is 9.59 Å². The molecule has 2 N–H and O–H groups in total. The van der Waals surface area contributed by atoms with Crippen LogP contribution in [0.2, 0.25) is 0 Å². The van der Waals surface area contributed by atoms with Gasteiger partial charge in [0.05, 0.1) is 6.61 Å². The van der Waals surface area contributed by atoms with Crippen molar-refractivity contribution in [2.75, 3.05) is 6.61 Å². The van der Waals surface area contributed by atoms with E-state index >= 15 is 0 Å². The molecule has 134 valence electrons. The van der Waals surface area contributed by atoms with Crippen molar-refractivity contribution in [1.82, 2.24) is 5.32 Å². The molecule has 2 aromatic carbocycles. The molecule has 1 amide bonds. The highest BCUT2D eigenvalue weighted by Crippen LogP contribution is 2.33. The van der Waals surface area contributed by atoms with Crippen molar-refractivity contribution in [3.63, 3.8) is 0 Å². The summed E-state index contributed by atoms with van der Waals surface area (Å²) in [6, 6.07) is 13.5. The fraction of sp³-hybridized carbons (Fsp3) is 0.238. The Balaban J connectivity index is 1.97. The summed E-state index contributed by atoms with van der Waals surface area (Å²) in [7, 11) is 0. The Morgan fingerprint density at radius 3 is 2.62 bits per heavy atom. The van der Waals surface area contributed by atoms with Crippen LogP contribution >= 0.6 is 0 Å². The first-order chi connectivity index (χ1) is 12.6. The van der Waals surface area contributed by atoms with Gasteiger partial charge in [-0.25, -0.2) is 4.79 Å². The molecule has 1 aliphatic carbocycles. The summed E-state index contributed by atoms with van der Waals surface area (Å²) < 4.78 is 5.60. The molecule has 0 fully saturated rings. The molecule has 0 spiro atoms. The Morgan fingerprint density at radius 1 is 1.23 bits per heavy atom. The van der Waals surface area contributed by atoms with Crippen LogP contribution in [0.15, 0.2) is 54.6 Å². The van der Waals surface area contributed by atoms with Crippen molar-refractivity contribution < 1.29 is 19.4 Å². The van der Waals surface area contributed by atoms with Gasteiger partial charge >= 0.3 is 6.09 Å². The van der Waals surface area contributed by atoms with Crippen LogP contribution in [0.5, 0.6) is 5.75 Å². The highest BCUT2D eigenvalue weighted by atomic mass is 16.5. The summed E-state index contributed by atoms with van der Waals surface area (Å²) in [5.74, 6) is 0.811. The number of hydrogen-bond donors (Lipinski definition) is 2. The van der Waals surface area contributed by atoms with Gasteiger partial charge < -0.3 is 15.2 Å². The maximum Gasteiger partial charge on any atom is 0.405 e. The van der Waals surface area contributed by atoms with Gasteiger partial charge in [-0.05, 0) is 53.3 Å². The summed E-state index contributed by atoms with van der Waals surface area (Å²) in [6.07, 6.45) is 4.44. The SMILES string of the molecule is CCCOc1ccc(-c2ccc3c(c2)[C@@](C=O)(NC(=O)O)C=CC3)cc1. The Morgan fingerprint density at radius 2 is 1.96 bits per heavy atom. The second-order valence-electron chi connectivity index (χ2n) is 6.27.